The zero-order valence-corrected chi connectivity index (χ0v) is 7.28. The van der Waals surface area contributed by atoms with E-state index in [9.17, 15) is 9.90 Å². The predicted molar refractivity (Wildman–Crippen MR) is 42.2 cm³/mol. The molecule has 0 saturated carbocycles. The van der Waals surface area contributed by atoms with Gasteiger partial charge >= 0.3 is 5.97 Å². The van der Waals surface area contributed by atoms with Crippen molar-refractivity contribution in [1.29, 1.82) is 0 Å². The molecule has 0 aromatic rings. The van der Waals surface area contributed by atoms with Crippen molar-refractivity contribution in [2.75, 3.05) is 6.61 Å². The fourth-order valence-corrected chi connectivity index (χ4v) is 0.790. The van der Waals surface area contributed by atoms with E-state index in [-0.39, 0.29) is 6.61 Å². The molecule has 0 aliphatic heterocycles. The Morgan fingerprint density at radius 2 is 2.08 bits per heavy atom. The lowest BCUT2D eigenvalue weighted by molar-refractivity contribution is -0.189. The van der Waals surface area contributed by atoms with Crippen molar-refractivity contribution < 1.29 is 19.7 Å². The Balaban J connectivity index is 3.14. The van der Waals surface area contributed by atoms with Crippen LogP contribution in [-0.4, -0.2) is 24.0 Å². The van der Waals surface area contributed by atoms with E-state index in [2.05, 4.69) is 11.7 Å². The molecule has 0 bridgehead atoms. The summed E-state index contributed by atoms with van der Waals surface area (Å²) in [6.45, 7) is 2.33. The minimum absolute atomic E-state index is 0.250. The van der Waals surface area contributed by atoms with Gasteiger partial charge in [-0.15, -0.1) is 0 Å². The summed E-state index contributed by atoms with van der Waals surface area (Å²) in [4.78, 5) is 9.98. The first-order valence-corrected chi connectivity index (χ1v) is 4.18. The summed E-state index contributed by atoms with van der Waals surface area (Å²) in [7, 11) is 0. The van der Waals surface area contributed by atoms with E-state index in [1.807, 2.05) is 0 Å². The van der Waals surface area contributed by atoms with Crippen molar-refractivity contribution in [3.05, 3.63) is 0 Å². The van der Waals surface area contributed by atoms with Crippen LogP contribution in [0, 0.1) is 0 Å². The van der Waals surface area contributed by atoms with Gasteiger partial charge in [-0.2, -0.15) is 5.11 Å². The molecule has 12 heavy (non-hydrogen) atoms. The third-order valence-corrected chi connectivity index (χ3v) is 1.47. The topological polar surface area (TPSA) is 66.4 Å². The second kappa shape index (κ2) is 7.06. The second-order valence-corrected chi connectivity index (χ2v) is 2.60. The fraction of sp³-hybridized carbons (Fsp3) is 0.875. The summed E-state index contributed by atoms with van der Waals surface area (Å²) in [5.41, 5.74) is 0. The summed E-state index contributed by atoms with van der Waals surface area (Å²) in [6.07, 6.45) is 2.05. The van der Waals surface area contributed by atoms with Crippen LogP contribution in [-0.2, 0) is 14.6 Å². The number of ether oxygens (including phenoxy) is 1. The van der Waals surface area contributed by atoms with Gasteiger partial charge in [-0.1, -0.05) is 26.2 Å². The molecule has 4 heteroatoms. The fourth-order valence-electron chi connectivity index (χ4n) is 0.790. The van der Waals surface area contributed by atoms with E-state index >= 15 is 0 Å². The normalized spacial score (nSPS) is 12.8. The van der Waals surface area contributed by atoms with Gasteiger partial charge in [0, 0.05) is 0 Å². The van der Waals surface area contributed by atoms with Crippen LogP contribution in [0.15, 0.2) is 0 Å². The van der Waals surface area contributed by atoms with E-state index < -0.39 is 12.3 Å². The monoisotopic (exact) mass is 175 g/mol. The lowest BCUT2D eigenvalue weighted by Gasteiger charge is -2.04. The number of hydrogen-bond acceptors (Lipinski definition) is 2. The number of aliphatic carboxylic acids is 1. The molecule has 0 fully saturated rings. The summed E-state index contributed by atoms with van der Waals surface area (Å²) in [5.74, 6) is -1.44. The Hall–Kier alpha value is -0.610. The number of carboxylic acids is 1. The molecule has 0 amide bonds. The van der Waals surface area contributed by atoms with Crippen LogP contribution < -0.4 is 0 Å². The molecule has 1 unspecified atom stereocenters. The van der Waals surface area contributed by atoms with Crippen molar-refractivity contribution in [1.82, 2.24) is 0 Å². The molecular weight excluding hydrogens is 160 g/mol. The molecule has 0 aromatic carbocycles. The number of unbranched alkanes of at least 4 members (excludes halogenated alkanes) is 3. The first-order valence-electron chi connectivity index (χ1n) is 4.18. The molecule has 0 spiro atoms. The average Bonchev–Trinajstić information content (AvgIpc) is 2.03. The summed E-state index contributed by atoms with van der Waals surface area (Å²) < 4.78 is 4.49. The van der Waals surface area contributed by atoms with Gasteiger partial charge in [0.05, 0.1) is 6.61 Å². The van der Waals surface area contributed by atoms with Crippen molar-refractivity contribution in [2.24, 2.45) is 0 Å². The lowest BCUT2D eigenvalue weighted by Crippen LogP contribution is -2.21. The predicted octanol–water partition coefficient (Wildman–Crippen LogP) is 1.42. The first-order chi connectivity index (χ1) is 5.68. The minimum atomic E-state index is -1.91. The molecular formula is C8H15O4. The molecule has 0 heterocycles. The Kier molecular flexibility index (Phi) is 6.70. The van der Waals surface area contributed by atoms with E-state index in [1.54, 1.807) is 0 Å². The average molecular weight is 175 g/mol. The third kappa shape index (κ3) is 6.12. The maximum absolute atomic E-state index is 10.4. The first kappa shape index (κ1) is 11.4. The highest BCUT2D eigenvalue weighted by Crippen LogP contribution is 2.00. The van der Waals surface area contributed by atoms with Crippen molar-refractivity contribution >= 4 is 5.97 Å². The highest BCUT2D eigenvalue weighted by atomic mass is 16.6. The lowest BCUT2D eigenvalue weighted by atomic mass is 10.2. The third-order valence-electron chi connectivity index (χ3n) is 1.47. The molecule has 1 N–H and O–H groups in total. The van der Waals surface area contributed by atoms with Gasteiger partial charge in [-0.25, -0.2) is 4.79 Å². The van der Waals surface area contributed by atoms with Gasteiger partial charge in [0.25, 0.3) is 6.29 Å². The molecule has 0 rings (SSSR count). The Morgan fingerprint density at radius 1 is 1.42 bits per heavy atom. The maximum atomic E-state index is 10.4. The molecule has 4 nitrogen and oxygen atoms in total. The largest absolute Gasteiger partial charge is 0.477 e. The summed E-state index contributed by atoms with van der Waals surface area (Å²) >= 11 is 0. The van der Waals surface area contributed by atoms with Crippen LogP contribution in [0.5, 0.6) is 0 Å². The minimum Gasteiger partial charge on any atom is -0.477 e. The number of carboxylic acid groups (broad SMARTS) is 1. The van der Waals surface area contributed by atoms with Gasteiger partial charge in [0.1, 0.15) is 0 Å². The molecule has 71 valence electrons. The molecule has 1 radical (unpaired) electrons. The van der Waals surface area contributed by atoms with Crippen LogP contribution in [0.2, 0.25) is 0 Å². The Labute approximate surface area is 72.2 Å². The maximum Gasteiger partial charge on any atom is 0.364 e. The standard InChI is InChI=1S/C8H15O4/c1-2-3-4-5-6-12-8(11)7(9)10/h8H,2-6H2,1H3,(H,9,10). The zero-order valence-electron chi connectivity index (χ0n) is 7.28. The van der Waals surface area contributed by atoms with E-state index in [0.29, 0.717) is 0 Å². The Morgan fingerprint density at radius 3 is 2.58 bits per heavy atom. The van der Waals surface area contributed by atoms with Gasteiger partial charge in [-0.3, -0.25) is 0 Å². The van der Waals surface area contributed by atoms with Crippen LogP contribution in [0.3, 0.4) is 0 Å². The van der Waals surface area contributed by atoms with E-state index in [4.69, 9.17) is 5.11 Å². The van der Waals surface area contributed by atoms with Crippen molar-refractivity contribution in [3.63, 3.8) is 0 Å². The van der Waals surface area contributed by atoms with Crippen molar-refractivity contribution in [3.8, 4) is 0 Å². The smallest absolute Gasteiger partial charge is 0.364 e. The van der Waals surface area contributed by atoms with E-state index in [0.717, 1.165) is 25.7 Å². The highest BCUT2D eigenvalue weighted by Gasteiger charge is 2.14. The number of rotatable bonds is 7. The molecule has 0 aliphatic carbocycles. The molecule has 0 saturated heterocycles. The quantitative estimate of drug-likeness (QED) is 0.470. The zero-order chi connectivity index (χ0) is 9.40. The van der Waals surface area contributed by atoms with Gasteiger partial charge in [0.15, 0.2) is 0 Å². The second-order valence-electron chi connectivity index (χ2n) is 2.60. The van der Waals surface area contributed by atoms with Crippen LogP contribution in [0.1, 0.15) is 32.6 Å². The molecule has 0 aromatic heterocycles. The van der Waals surface area contributed by atoms with Gasteiger partial charge < -0.3 is 9.84 Å². The number of carbonyl (C=O) groups is 1. The Bertz CT molecular complexity index is 124. The van der Waals surface area contributed by atoms with Crippen LogP contribution in [0.4, 0.5) is 0 Å². The van der Waals surface area contributed by atoms with Gasteiger partial charge in [-0.05, 0) is 6.42 Å². The summed E-state index contributed by atoms with van der Waals surface area (Å²) in [5, 5.41) is 18.6. The van der Waals surface area contributed by atoms with Gasteiger partial charge in [0.2, 0.25) is 0 Å². The van der Waals surface area contributed by atoms with Crippen LogP contribution in [0.25, 0.3) is 0 Å². The summed E-state index contributed by atoms with van der Waals surface area (Å²) in [6, 6.07) is 0. The molecule has 0 aliphatic rings. The van der Waals surface area contributed by atoms with E-state index in [1.165, 1.54) is 0 Å². The van der Waals surface area contributed by atoms with Crippen LogP contribution >= 0.6 is 0 Å². The highest BCUT2D eigenvalue weighted by molar-refractivity contribution is 5.70. The van der Waals surface area contributed by atoms with Crippen molar-refractivity contribution in [2.45, 2.75) is 38.9 Å². The number of hydrogen-bond donors (Lipinski definition) is 1. The molecule has 1 atom stereocenters. The SMILES string of the molecule is CCCCCCOC([O])C(=O)O.